The van der Waals surface area contributed by atoms with Crippen LogP contribution in [0, 0.1) is 0 Å². The molecule has 122 valence electrons. The van der Waals surface area contributed by atoms with E-state index >= 15 is 0 Å². The molecule has 1 aliphatic rings. The second-order valence-electron chi connectivity index (χ2n) is 5.54. The summed E-state index contributed by atoms with van der Waals surface area (Å²) in [6.07, 6.45) is 2.08. The molecular formula is C17H20N2O4. The summed E-state index contributed by atoms with van der Waals surface area (Å²) in [4.78, 5) is 11.9. The average Bonchev–Trinajstić information content (AvgIpc) is 3.05. The lowest BCUT2D eigenvalue weighted by Gasteiger charge is -2.26. The molecule has 2 heterocycles. The number of carbonyl (C=O) groups is 1. The van der Waals surface area contributed by atoms with Crippen LogP contribution in [0.1, 0.15) is 12.7 Å². The van der Waals surface area contributed by atoms with Crippen molar-refractivity contribution < 1.29 is 18.7 Å². The number of ether oxygens (including phenoxy) is 2. The first kappa shape index (κ1) is 15.3. The zero-order chi connectivity index (χ0) is 16.1. The van der Waals surface area contributed by atoms with Crippen molar-refractivity contribution >= 4 is 6.03 Å². The number of hydrogen-bond donors (Lipinski definition) is 2. The fraction of sp³-hybridized carbons (Fsp3) is 0.353. The molecule has 2 amide bonds. The number of benzene rings is 1. The fourth-order valence-electron chi connectivity index (χ4n) is 2.43. The van der Waals surface area contributed by atoms with Crippen LogP contribution in [0.25, 0.3) is 0 Å². The Bertz CT molecular complexity index is 642. The minimum atomic E-state index is -0.230. The molecule has 6 heteroatoms. The van der Waals surface area contributed by atoms with Crippen LogP contribution < -0.4 is 20.1 Å². The molecule has 0 fully saturated rings. The number of para-hydroxylation sites is 2. The van der Waals surface area contributed by atoms with E-state index in [4.69, 9.17) is 13.9 Å². The fourth-order valence-corrected chi connectivity index (χ4v) is 2.43. The zero-order valence-corrected chi connectivity index (χ0v) is 13.0. The van der Waals surface area contributed by atoms with Crippen LogP contribution in [0.3, 0.4) is 0 Å². The van der Waals surface area contributed by atoms with Crippen LogP contribution in [0.2, 0.25) is 0 Å². The van der Waals surface area contributed by atoms with Gasteiger partial charge in [0.25, 0.3) is 0 Å². The maximum Gasteiger partial charge on any atom is 0.315 e. The minimum Gasteiger partial charge on any atom is -0.486 e. The number of nitrogens with one attached hydrogen (secondary N) is 2. The van der Waals surface area contributed by atoms with Gasteiger partial charge in [0.1, 0.15) is 12.4 Å². The monoisotopic (exact) mass is 316 g/mol. The minimum absolute atomic E-state index is 0.0228. The molecule has 1 aromatic carbocycles. The highest BCUT2D eigenvalue weighted by atomic mass is 16.6. The number of furan rings is 1. The van der Waals surface area contributed by atoms with Crippen LogP contribution in [-0.2, 0) is 6.42 Å². The largest absolute Gasteiger partial charge is 0.486 e. The first-order valence-electron chi connectivity index (χ1n) is 7.66. The van der Waals surface area contributed by atoms with Crippen molar-refractivity contribution in [3.63, 3.8) is 0 Å². The van der Waals surface area contributed by atoms with E-state index in [1.54, 1.807) is 6.26 Å². The van der Waals surface area contributed by atoms with Gasteiger partial charge in [-0.25, -0.2) is 4.79 Å². The quantitative estimate of drug-likeness (QED) is 0.888. The topological polar surface area (TPSA) is 72.7 Å². The van der Waals surface area contributed by atoms with Crippen molar-refractivity contribution in [2.45, 2.75) is 25.5 Å². The average molecular weight is 316 g/mol. The van der Waals surface area contributed by atoms with Crippen molar-refractivity contribution in [1.82, 2.24) is 10.6 Å². The van der Waals surface area contributed by atoms with E-state index in [0.717, 1.165) is 11.5 Å². The summed E-state index contributed by atoms with van der Waals surface area (Å²) in [7, 11) is 0. The van der Waals surface area contributed by atoms with E-state index < -0.39 is 0 Å². The number of carbonyl (C=O) groups excluding carboxylic acids is 1. The van der Waals surface area contributed by atoms with Gasteiger partial charge >= 0.3 is 6.03 Å². The summed E-state index contributed by atoms with van der Waals surface area (Å²) in [5.41, 5.74) is 0. The predicted molar refractivity (Wildman–Crippen MR) is 84.8 cm³/mol. The number of amides is 2. The smallest absolute Gasteiger partial charge is 0.315 e. The molecule has 3 rings (SSSR count). The lowest BCUT2D eigenvalue weighted by atomic mass is 10.2. The van der Waals surface area contributed by atoms with E-state index in [-0.39, 0.29) is 18.2 Å². The molecule has 6 nitrogen and oxygen atoms in total. The van der Waals surface area contributed by atoms with E-state index in [2.05, 4.69) is 10.6 Å². The molecular weight excluding hydrogens is 296 g/mol. The third-order valence-corrected chi connectivity index (χ3v) is 3.52. The zero-order valence-electron chi connectivity index (χ0n) is 13.0. The normalized spacial score (nSPS) is 17.3. The Labute approximate surface area is 134 Å². The van der Waals surface area contributed by atoms with Gasteiger partial charge < -0.3 is 24.5 Å². The van der Waals surface area contributed by atoms with Gasteiger partial charge in [0, 0.05) is 12.5 Å². The Kier molecular flexibility index (Phi) is 4.71. The molecule has 2 aromatic rings. The summed E-state index contributed by atoms with van der Waals surface area (Å²) in [6, 6.07) is 11.0. The highest BCUT2D eigenvalue weighted by Crippen LogP contribution is 2.30. The molecule has 1 aromatic heterocycles. The first-order chi connectivity index (χ1) is 11.2. The Morgan fingerprint density at radius 2 is 2.09 bits per heavy atom. The number of urea groups is 1. The molecule has 0 unspecified atom stereocenters. The van der Waals surface area contributed by atoms with Crippen LogP contribution in [0.4, 0.5) is 4.79 Å². The molecule has 23 heavy (non-hydrogen) atoms. The lowest BCUT2D eigenvalue weighted by molar-refractivity contribution is 0.0917. The second kappa shape index (κ2) is 7.09. The molecule has 0 spiro atoms. The summed E-state index contributed by atoms with van der Waals surface area (Å²) in [5.74, 6) is 2.29. The number of rotatable bonds is 5. The van der Waals surface area contributed by atoms with Crippen LogP contribution in [-0.4, -0.2) is 31.3 Å². The summed E-state index contributed by atoms with van der Waals surface area (Å²) in [6.45, 7) is 2.73. The van der Waals surface area contributed by atoms with Gasteiger partial charge in [-0.3, -0.25) is 0 Å². The SMILES string of the molecule is C[C@@H](Cc1ccco1)NC(=O)NC[C@@H]1COc2ccccc2O1. The molecule has 0 saturated heterocycles. The Morgan fingerprint density at radius 3 is 2.87 bits per heavy atom. The molecule has 0 bridgehead atoms. The van der Waals surface area contributed by atoms with Gasteiger partial charge in [0.2, 0.25) is 0 Å². The lowest BCUT2D eigenvalue weighted by Crippen LogP contribution is -2.47. The molecule has 0 radical (unpaired) electrons. The van der Waals surface area contributed by atoms with Gasteiger partial charge in [-0.05, 0) is 31.2 Å². The second-order valence-corrected chi connectivity index (χ2v) is 5.54. The van der Waals surface area contributed by atoms with Crippen molar-refractivity contribution in [3.05, 3.63) is 48.4 Å². The van der Waals surface area contributed by atoms with Gasteiger partial charge in [-0.2, -0.15) is 0 Å². The maximum atomic E-state index is 11.9. The Hall–Kier alpha value is -2.63. The number of hydrogen-bond acceptors (Lipinski definition) is 4. The van der Waals surface area contributed by atoms with Crippen molar-refractivity contribution in [2.75, 3.05) is 13.2 Å². The van der Waals surface area contributed by atoms with Crippen LogP contribution in [0.15, 0.2) is 47.1 Å². The van der Waals surface area contributed by atoms with Crippen molar-refractivity contribution in [1.29, 1.82) is 0 Å². The van der Waals surface area contributed by atoms with E-state index in [1.807, 2.05) is 43.3 Å². The highest BCUT2D eigenvalue weighted by Gasteiger charge is 2.21. The third kappa shape index (κ3) is 4.18. The third-order valence-electron chi connectivity index (χ3n) is 3.52. The van der Waals surface area contributed by atoms with Crippen LogP contribution >= 0.6 is 0 Å². The van der Waals surface area contributed by atoms with Gasteiger partial charge in [-0.15, -0.1) is 0 Å². The van der Waals surface area contributed by atoms with Crippen molar-refractivity contribution in [3.8, 4) is 11.5 Å². The molecule has 2 N–H and O–H groups in total. The first-order valence-corrected chi connectivity index (χ1v) is 7.66. The number of fused-ring (bicyclic) bond motifs is 1. The van der Waals surface area contributed by atoms with E-state index in [0.29, 0.717) is 25.3 Å². The molecule has 0 aliphatic carbocycles. The summed E-state index contributed by atoms with van der Waals surface area (Å²) >= 11 is 0. The highest BCUT2D eigenvalue weighted by molar-refractivity contribution is 5.74. The molecule has 1 aliphatic heterocycles. The molecule has 0 saturated carbocycles. The maximum absolute atomic E-state index is 11.9. The van der Waals surface area contributed by atoms with Crippen molar-refractivity contribution in [2.24, 2.45) is 0 Å². The van der Waals surface area contributed by atoms with Gasteiger partial charge in [0.05, 0.1) is 12.8 Å². The summed E-state index contributed by atoms with van der Waals surface area (Å²) < 4.78 is 16.7. The Balaban J connectivity index is 1.41. The van der Waals surface area contributed by atoms with Crippen LogP contribution in [0.5, 0.6) is 11.5 Å². The molecule has 2 atom stereocenters. The van der Waals surface area contributed by atoms with Gasteiger partial charge in [-0.1, -0.05) is 12.1 Å². The van der Waals surface area contributed by atoms with Gasteiger partial charge in [0.15, 0.2) is 17.6 Å². The van der Waals surface area contributed by atoms with E-state index in [9.17, 15) is 4.79 Å². The standard InChI is InChI=1S/C17H20N2O4/c1-12(9-13-5-4-8-21-13)19-17(20)18-10-14-11-22-15-6-2-3-7-16(15)23-14/h2-8,12,14H,9-11H2,1H3,(H2,18,19,20)/t12-,14+/m0/s1. The summed E-state index contributed by atoms with van der Waals surface area (Å²) in [5, 5.41) is 5.68. The Morgan fingerprint density at radius 1 is 1.26 bits per heavy atom. The van der Waals surface area contributed by atoms with E-state index in [1.165, 1.54) is 0 Å². The predicted octanol–water partition coefficient (Wildman–Crippen LogP) is 2.35.